The van der Waals surface area contributed by atoms with E-state index in [1.165, 1.54) is 0 Å². The first-order valence-corrected chi connectivity index (χ1v) is 6.62. The Labute approximate surface area is 109 Å². The molecule has 18 heavy (non-hydrogen) atoms. The number of ether oxygens (including phenoxy) is 2. The van der Waals surface area contributed by atoms with E-state index in [0.29, 0.717) is 13.2 Å². The first-order chi connectivity index (χ1) is 8.54. The second kappa shape index (κ2) is 5.19. The second-order valence-corrected chi connectivity index (χ2v) is 5.50. The van der Waals surface area contributed by atoms with Gasteiger partial charge in [0.2, 0.25) is 0 Å². The highest BCUT2D eigenvalue weighted by Crippen LogP contribution is 2.39. The molecule has 1 aromatic carbocycles. The fourth-order valence-corrected chi connectivity index (χ4v) is 1.99. The maximum absolute atomic E-state index is 10.4. The van der Waals surface area contributed by atoms with Crippen LogP contribution in [-0.2, 0) is 0 Å². The van der Waals surface area contributed by atoms with E-state index >= 15 is 0 Å². The Morgan fingerprint density at radius 2 is 1.89 bits per heavy atom. The van der Waals surface area contributed by atoms with Crippen molar-refractivity contribution in [1.82, 2.24) is 0 Å². The lowest BCUT2D eigenvalue weighted by Crippen LogP contribution is -2.21. The van der Waals surface area contributed by atoms with Crippen LogP contribution in [0, 0.1) is 5.41 Å². The number of fused-ring (bicyclic) bond motifs is 1. The molecule has 0 saturated carbocycles. The normalized spacial score (nSPS) is 17.1. The van der Waals surface area contributed by atoms with Gasteiger partial charge in [-0.3, -0.25) is 0 Å². The third-order valence-electron chi connectivity index (χ3n) is 3.74. The molecule has 1 aliphatic rings. The average molecular weight is 250 g/mol. The summed E-state index contributed by atoms with van der Waals surface area (Å²) in [7, 11) is 0. The highest BCUT2D eigenvalue weighted by Gasteiger charge is 2.28. The van der Waals surface area contributed by atoms with Crippen molar-refractivity contribution in [2.45, 2.75) is 39.7 Å². The number of rotatable bonds is 3. The van der Waals surface area contributed by atoms with E-state index in [1.807, 2.05) is 18.2 Å². The third kappa shape index (κ3) is 2.61. The molecular weight excluding hydrogens is 228 g/mol. The van der Waals surface area contributed by atoms with E-state index < -0.39 is 6.10 Å². The monoisotopic (exact) mass is 250 g/mol. The standard InChI is InChI=1S/C15H22O3/c1-4-15(2,3)14(16)11-6-7-12-13(10-11)18-9-5-8-17-12/h6-7,10,14,16H,4-5,8-9H2,1-3H3. The Bertz CT molecular complexity index is 412. The molecule has 0 aliphatic carbocycles. The Kier molecular flexibility index (Phi) is 3.81. The molecule has 0 saturated heterocycles. The Hall–Kier alpha value is -1.22. The zero-order chi connectivity index (χ0) is 13.2. The first-order valence-electron chi connectivity index (χ1n) is 6.62. The van der Waals surface area contributed by atoms with Gasteiger partial charge in [0.15, 0.2) is 11.5 Å². The van der Waals surface area contributed by atoms with Crippen LogP contribution in [0.5, 0.6) is 11.5 Å². The number of aliphatic hydroxyl groups excluding tert-OH is 1. The van der Waals surface area contributed by atoms with Crippen LogP contribution in [0.3, 0.4) is 0 Å². The van der Waals surface area contributed by atoms with Gasteiger partial charge in [0, 0.05) is 6.42 Å². The Balaban J connectivity index is 2.28. The summed E-state index contributed by atoms with van der Waals surface area (Å²) in [5.74, 6) is 1.52. The van der Waals surface area contributed by atoms with Gasteiger partial charge in [0.25, 0.3) is 0 Å². The third-order valence-corrected chi connectivity index (χ3v) is 3.74. The molecule has 1 heterocycles. The van der Waals surface area contributed by atoms with E-state index in [4.69, 9.17) is 9.47 Å². The molecule has 0 aromatic heterocycles. The van der Waals surface area contributed by atoms with Gasteiger partial charge in [0.1, 0.15) is 0 Å². The minimum Gasteiger partial charge on any atom is -0.490 e. The van der Waals surface area contributed by atoms with Gasteiger partial charge in [-0.1, -0.05) is 26.8 Å². The molecule has 1 N–H and O–H groups in total. The summed E-state index contributed by atoms with van der Waals surface area (Å²) in [6.45, 7) is 7.59. The van der Waals surface area contributed by atoms with E-state index in [1.54, 1.807) is 0 Å². The smallest absolute Gasteiger partial charge is 0.161 e. The van der Waals surface area contributed by atoms with Gasteiger partial charge in [-0.25, -0.2) is 0 Å². The van der Waals surface area contributed by atoms with Crippen molar-refractivity contribution in [3.05, 3.63) is 23.8 Å². The molecule has 0 amide bonds. The summed E-state index contributed by atoms with van der Waals surface area (Å²) < 4.78 is 11.2. The van der Waals surface area contributed by atoms with Crippen molar-refractivity contribution < 1.29 is 14.6 Å². The molecule has 0 bridgehead atoms. The van der Waals surface area contributed by atoms with Gasteiger partial charge in [-0.15, -0.1) is 0 Å². The predicted molar refractivity (Wildman–Crippen MR) is 71.1 cm³/mol. The van der Waals surface area contributed by atoms with Gasteiger partial charge in [-0.05, 0) is 29.5 Å². The van der Waals surface area contributed by atoms with E-state index in [-0.39, 0.29) is 5.41 Å². The number of hydrogen-bond donors (Lipinski definition) is 1. The molecule has 1 aliphatic heterocycles. The van der Waals surface area contributed by atoms with Crippen molar-refractivity contribution in [1.29, 1.82) is 0 Å². The van der Waals surface area contributed by atoms with Crippen molar-refractivity contribution in [3.8, 4) is 11.5 Å². The number of hydrogen-bond acceptors (Lipinski definition) is 3. The van der Waals surface area contributed by atoms with Gasteiger partial charge >= 0.3 is 0 Å². The topological polar surface area (TPSA) is 38.7 Å². The van der Waals surface area contributed by atoms with Gasteiger partial charge in [-0.2, -0.15) is 0 Å². The van der Waals surface area contributed by atoms with Gasteiger partial charge < -0.3 is 14.6 Å². The van der Waals surface area contributed by atoms with Crippen LogP contribution in [0.2, 0.25) is 0 Å². The molecule has 1 unspecified atom stereocenters. The van der Waals surface area contributed by atoms with Crippen molar-refractivity contribution in [3.63, 3.8) is 0 Å². The fourth-order valence-electron chi connectivity index (χ4n) is 1.99. The maximum atomic E-state index is 10.4. The molecule has 100 valence electrons. The van der Waals surface area contributed by atoms with Crippen molar-refractivity contribution in [2.24, 2.45) is 5.41 Å². The number of aliphatic hydroxyl groups is 1. The minimum absolute atomic E-state index is 0.139. The summed E-state index contributed by atoms with van der Waals surface area (Å²) in [4.78, 5) is 0. The fraction of sp³-hybridized carbons (Fsp3) is 0.600. The molecule has 1 aromatic rings. The molecule has 3 heteroatoms. The van der Waals surface area contributed by atoms with Crippen LogP contribution in [0.4, 0.5) is 0 Å². The van der Waals surface area contributed by atoms with Crippen molar-refractivity contribution >= 4 is 0 Å². The zero-order valence-electron chi connectivity index (χ0n) is 11.4. The van der Waals surface area contributed by atoms with E-state index in [2.05, 4.69) is 20.8 Å². The van der Waals surface area contributed by atoms with Crippen molar-refractivity contribution in [2.75, 3.05) is 13.2 Å². The van der Waals surface area contributed by atoms with Crippen LogP contribution in [0.25, 0.3) is 0 Å². The lowest BCUT2D eigenvalue weighted by atomic mass is 9.80. The molecule has 1 atom stereocenters. The summed E-state index contributed by atoms with van der Waals surface area (Å²) >= 11 is 0. The summed E-state index contributed by atoms with van der Waals surface area (Å²) in [6.07, 6.45) is 1.33. The highest BCUT2D eigenvalue weighted by atomic mass is 16.5. The van der Waals surface area contributed by atoms with Crippen LogP contribution in [-0.4, -0.2) is 18.3 Å². The SMILES string of the molecule is CCC(C)(C)C(O)c1ccc2c(c1)OCCCO2. The molecule has 0 fully saturated rings. The van der Waals surface area contributed by atoms with Crippen LogP contribution >= 0.6 is 0 Å². The molecule has 3 nitrogen and oxygen atoms in total. The van der Waals surface area contributed by atoms with Gasteiger partial charge in [0.05, 0.1) is 19.3 Å². The van der Waals surface area contributed by atoms with Crippen LogP contribution in [0.1, 0.15) is 45.3 Å². The molecular formula is C15H22O3. The predicted octanol–water partition coefficient (Wildman–Crippen LogP) is 3.32. The lowest BCUT2D eigenvalue weighted by Gasteiger charge is -2.29. The van der Waals surface area contributed by atoms with E-state index in [9.17, 15) is 5.11 Å². The van der Waals surface area contributed by atoms with Crippen LogP contribution in [0.15, 0.2) is 18.2 Å². The summed E-state index contributed by atoms with van der Waals surface area (Å²) in [5.41, 5.74) is 0.755. The second-order valence-electron chi connectivity index (χ2n) is 5.50. The van der Waals surface area contributed by atoms with E-state index in [0.717, 1.165) is 29.9 Å². The largest absolute Gasteiger partial charge is 0.490 e. The highest BCUT2D eigenvalue weighted by molar-refractivity contribution is 5.44. The Morgan fingerprint density at radius 1 is 1.22 bits per heavy atom. The zero-order valence-corrected chi connectivity index (χ0v) is 11.4. The number of benzene rings is 1. The Morgan fingerprint density at radius 3 is 2.56 bits per heavy atom. The molecule has 0 spiro atoms. The summed E-state index contributed by atoms with van der Waals surface area (Å²) in [6, 6.07) is 5.73. The molecule has 2 rings (SSSR count). The quantitative estimate of drug-likeness (QED) is 0.894. The average Bonchev–Trinajstić information content (AvgIpc) is 2.62. The lowest BCUT2D eigenvalue weighted by molar-refractivity contribution is 0.0463. The minimum atomic E-state index is -0.486. The first kappa shape index (κ1) is 13.2. The molecule has 0 radical (unpaired) electrons. The maximum Gasteiger partial charge on any atom is 0.161 e. The summed E-state index contributed by atoms with van der Waals surface area (Å²) in [5, 5.41) is 10.4. The van der Waals surface area contributed by atoms with Crippen LogP contribution < -0.4 is 9.47 Å².